The first-order chi connectivity index (χ1) is 6.44. The van der Waals surface area contributed by atoms with Gasteiger partial charge in [-0.2, -0.15) is 0 Å². The van der Waals surface area contributed by atoms with Crippen LogP contribution >= 0.6 is 15.9 Å². The Kier molecular flexibility index (Phi) is 3.17. The second-order valence-electron chi connectivity index (χ2n) is 3.56. The van der Waals surface area contributed by atoms with E-state index in [4.69, 9.17) is 11.2 Å². The van der Waals surface area contributed by atoms with Crippen LogP contribution < -0.4 is 4.74 Å². The van der Waals surface area contributed by atoms with E-state index in [1.54, 1.807) is 6.20 Å². The van der Waals surface area contributed by atoms with Crippen molar-refractivity contribution in [2.45, 2.75) is 26.4 Å². The molecule has 0 radical (unpaired) electrons. The van der Waals surface area contributed by atoms with Gasteiger partial charge in [-0.1, -0.05) is 5.92 Å². The molecule has 0 aliphatic heterocycles. The normalized spacial score (nSPS) is 10.8. The minimum atomic E-state index is -0.634. The van der Waals surface area contributed by atoms with Gasteiger partial charge in [-0.05, 0) is 48.3 Å². The highest BCUT2D eigenvalue weighted by molar-refractivity contribution is 9.10. The molecule has 0 N–H and O–H groups in total. The molecule has 1 heterocycles. The second kappa shape index (κ2) is 4.02. The Morgan fingerprint density at radius 2 is 2.21 bits per heavy atom. The summed E-state index contributed by atoms with van der Waals surface area (Å²) in [5, 5.41) is 0. The highest BCUT2D eigenvalue weighted by Gasteiger charge is 2.17. The van der Waals surface area contributed by atoms with Gasteiger partial charge in [0.2, 0.25) is 5.88 Å². The number of nitrogens with zero attached hydrogens (tertiary/aromatic N) is 1. The number of ether oxygens (including phenoxy) is 1. The summed E-state index contributed by atoms with van der Waals surface area (Å²) in [5.74, 6) is 3.08. The SMILES string of the molecule is C#CC(C)(C)Oc1ncc(C)cc1Br. The summed E-state index contributed by atoms with van der Waals surface area (Å²) < 4.78 is 6.36. The number of halogens is 1. The Bertz CT molecular complexity index is 379. The molecular weight excluding hydrogens is 242 g/mol. The highest BCUT2D eigenvalue weighted by Crippen LogP contribution is 2.25. The zero-order valence-corrected chi connectivity index (χ0v) is 10.1. The maximum Gasteiger partial charge on any atom is 0.229 e. The van der Waals surface area contributed by atoms with E-state index in [2.05, 4.69) is 26.8 Å². The van der Waals surface area contributed by atoms with Crippen LogP contribution in [0.1, 0.15) is 19.4 Å². The molecule has 2 nitrogen and oxygen atoms in total. The van der Waals surface area contributed by atoms with Crippen LogP contribution in [0.5, 0.6) is 5.88 Å². The van der Waals surface area contributed by atoms with Crippen LogP contribution in [-0.4, -0.2) is 10.6 Å². The van der Waals surface area contributed by atoms with E-state index in [1.807, 2.05) is 26.8 Å². The van der Waals surface area contributed by atoms with Crippen molar-refractivity contribution in [3.8, 4) is 18.2 Å². The van der Waals surface area contributed by atoms with Crippen molar-refractivity contribution < 1.29 is 4.74 Å². The summed E-state index contributed by atoms with van der Waals surface area (Å²) in [6.45, 7) is 5.61. The van der Waals surface area contributed by atoms with Crippen LogP contribution in [0.2, 0.25) is 0 Å². The fourth-order valence-electron chi connectivity index (χ4n) is 0.867. The molecule has 0 spiro atoms. The highest BCUT2D eigenvalue weighted by atomic mass is 79.9. The van der Waals surface area contributed by atoms with Gasteiger partial charge in [0.05, 0.1) is 4.47 Å². The topological polar surface area (TPSA) is 22.1 Å². The van der Waals surface area contributed by atoms with Crippen molar-refractivity contribution in [2.75, 3.05) is 0 Å². The molecule has 74 valence electrons. The number of aromatic nitrogens is 1. The quantitative estimate of drug-likeness (QED) is 0.757. The fraction of sp³-hybridized carbons (Fsp3) is 0.364. The van der Waals surface area contributed by atoms with Crippen LogP contribution in [-0.2, 0) is 0 Å². The van der Waals surface area contributed by atoms with E-state index in [1.165, 1.54) is 0 Å². The van der Waals surface area contributed by atoms with Gasteiger partial charge in [0.1, 0.15) is 0 Å². The second-order valence-corrected chi connectivity index (χ2v) is 4.41. The molecule has 0 unspecified atom stereocenters. The standard InChI is InChI=1S/C11H12BrNO/c1-5-11(3,4)14-10-9(12)6-8(2)7-13-10/h1,6-7H,2-4H3. The Labute approximate surface area is 92.8 Å². The molecule has 0 fully saturated rings. The van der Waals surface area contributed by atoms with E-state index in [0.717, 1.165) is 10.0 Å². The lowest BCUT2D eigenvalue weighted by Gasteiger charge is -2.19. The van der Waals surface area contributed by atoms with Gasteiger partial charge in [-0.3, -0.25) is 0 Å². The van der Waals surface area contributed by atoms with Gasteiger partial charge in [-0.25, -0.2) is 4.98 Å². The molecular formula is C11H12BrNO. The average Bonchev–Trinajstić information content (AvgIpc) is 2.10. The summed E-state index contributed by atoms with van der Waals surface area (Å²) in [6, 6.07) is 1.94. The van der Waals surface area contributed by atoms with Gasteiger partial charge in [0.25, 0.3) is 0 Å². The van der Waals surface area contributed by atoms with Crippen LogP contribution in [0.3, 0.4) is 0 Å². The van der Waals surface area contributed by atoms with Crippen LogP contribution in [0.15, 0.2) is 16.7 Å². The minimum Gasteiger partial charge on any atom is -0.458 e. The lowest BCUT2D eigenvalue weighted by molar-refractivity contribution is 0.163. The molecule has 0 amide bonds. The molecule has 0 atom stereocenters. The number of hydrogen-bond acceptors (Lipinski definition) is 2. The first-order valence-corrected chi connectivity index (χ1v) is 5.03. The van der Waals surface area contributed by atoms with Gasteiger partial charge in [0, 0.05) is 6.20 Å². The van der Waals surface area contributed by atoms with Crippen LogP contribution in [0.4, 0.5) is 0 Å². The Hall–Kier alpha value is -1.01. The molecule has 0 bridgehead atoms. The van der Waals surface area contributed by atoms with Crippen molar-refractivity contribution >= 4 is 15.9 Å². The van der Waals surface area contributed by atoms with Crippen LogP contribution in [0, 0.1) is 19.3 Å². The minimum absolute atomic E-state index is 0.526. The van der Waals surface area contributed by atoms with Crippen molar-refractivity contribution in [3.05, 3.63) is 22.3 Å². The Balaban J connectivity index is 2.94. The molecule has 0 saturated carbocycles. The third-order valence-corrected chi connectivity index (χ3v) is 2.21. The molecule has 1 aromatic rings. The molecule has 1 aromatic heterocycles. The lowest BCUT2D eigenvalue weighted by atomic mass is 10.1. The van der Waals surface area contributed by atoms with E-state index < -0.39 is 5.60 Å². The first kappa shape index (κ1) is 11.1. The Morgan fingerprint density at radius 3 is 2.71 bits per heavy atom. The summed E-state index contributed by atoms with van der Waals surface area (Å²) in [5.41, 5.74) is 0.438. The number of hydrogen-bond donors (Lipinski definition) is 0. The average molecular weight is 254 g/mol. The molecule has 1 rings (SSSR count). The summed E-state index contributed by atoms with van der Waals surface area (Å²) >= 11 is 3.37. The van der Waals surface area contributed by atoms with Crippen molar-refractivity contribution in [1.82, 2.24) is 4.98 Å². The maximum atomic E-state index is 5.54. The predicted octanol–water partition coefficient (Wildman–Crippen LogP) is 2.94. The van der Waals surface area contributed by atoms with E-state index in [9.17, 15) is 0 Å². The zero-order chi connectivity index (χ0) is 10.8. The molecule has 0 aliphatic rings. The molecule has 0 aromatic carbocycles. The van der Waals surface area contributed by atoms with E-state index in [0.29, 0.717) is 5.88 Å². The van der Waals surface area contributed by atoms with Gasteiger partial charge in [0.15, 0.2) is 5.60 Å². The number of rotatable bonds is 2. The number of pyridine rings is 1. The Morgan fingerprint density at radius 1 is 1.57 bits per heavy atom. The van der Waals surface area contributed by atoms with Crippen molar-refractivity contribution in [1.29, 1.82) is 0 Å². The van der Waals surface area contributed by atoms with Gasteiger partial charge in [-0.15, -0.1) is 6.42 Å². The molecule has 0 saturated heterocycles. The summed E-state index contributed by atoms with van der Waals surface area (Å²) in [7, 11) is 0. The molecule has 3 heteroatoms. The maximum absolute atomic E-state index is 5.54. The van der Waals surface area contributed by atoms with Crippen molar-refractivity contribution in [3.63, 3.8) is 0 Å². The first-order valence-electron chi connectivity index (χ1n) is 4.23. The monoisotopic (exact) mass is 253 g/mol. The third-order valence-electron chi connectivity index (χ3n) is 1.64. The molecule has 0 aliphatic carbocycles. The summed E-state index contributed by atoms with van der Waals surface area (Å²) in [4.78, 5) is 4.15. The van der Waals surface area contributed by atoms with Crippen LogP contribution in [0.25, 0.3) is 0 Å². The van der Waals surface area contributed by atoms with E-state index >= 15 is 0 Å². The third kappa shape index (κ3) is 2.74. The van der Waals surface area contributed by atoms with Crippen molar-refractivity contribution in [2.24, 2.45) is 0 Å². The number of terminal acetylenes is 1. The fourth-order valence-corrected chi connectivity index (χ4v) is 1.41. The van der Waals surface area contributed by atoms with Gasteiger partial charge < -0.3 is 4.74 Å². The largest absolute Gasteiger partial charge is 0.458 e. The number of aryl methyl sites for hydroxylation is 1. The van der Waals surface area contributed by atoms with Gasteiger partial charge >= 0.3 is 0 Å². The molecule has 14 heavy (non-hydrogen) atoms. The smallest absolute Gasteiger partial charge is 0.229 e. The predicted molar refractivity (Wildman–Crippen MR) is 60.2 cm³/mol. The van der Waals surface area contributed by atoms with E-state index in [-0.39, 0.29) is 0 Å². The lowest BCUT2D eigenvalue weighted by Crippen LogP contribution is -2.26. The summed E-state index contributed by atoms with van der Waals surface area (Å²) in [6.07, 6.45) is 7.06. The zero-order valence-electron chi connectivity index (χ0n) is 8.47.